The fourth-order valence-electron chi connectivity index (χ4n) is 3.72. The fraction of sp³-hybridized carbons (Fsp3) is 0.944. The molecule has 0 spiro atoms. The van der Waals surface area contributed by atoms with Crippen LogP contribution in [-0.2, 0) is 0 Å². The third-order valence-corrected chi connectivity index (χ3v) is 5.13. The normalized spacial score (nSPS) is 23.7. The predicted molar refractivity (Wildman–Crippen MR) is 96.9 cm³/mol. The zero-order valence-electron chi connectivity index (χ0n) is 15.1. The van der Waals surface area contributed by atoms with E-state index >= 15 is 0 Å². The van der Waals surface area contributed by atoms with Crippen molar-refractivity contribution in [2.75, 3.05) is 32.7 Å². The number of piperidine rings is 1. The Morgan fingerprint density at radius 2 is 1.87 bits per heavy atom. The van der Waals surface area contributed by atoms with Crippen LogP contribution < -0.4 is 10.6 Å². The number of aliphatic imine (C=N–C) groups is 1. The summed E-state index contributed by atoms with van der Waals surface area (Å²) in [5.74, 6) is 0.875. The average molecular weight is 325 g/mol. The molecule has 0 aromatic carbocycles. The van der Waals surface area contributed by atoms with Gasteiger partial charge < -0.3 is 20.6 Å². The Morgan fingerprint density at radius 1 is 1.17 bits per heavy atom. The maximum atomic E-state index is 10.6. The second-order valence-electron chi connectivity index (χ2n) is 7.24. The summed E-state index contributed by atoms with van der Waals surface area (Å²) >= 11 is 0. The lowest BCUT2D eigenvalue weighted by atomic mass is 9.85. The molecule has 2 rings (SSSR count). The van der Waals surface area contributed by atoms with Crippen molar-refractivity contribution in [2.45, 2.75) is 76.9 Å². The van der Waals surface area contributed by atoms with Gasteiger partial charge in [-0.05, 0) is 45.6 Å². The van der Waals surface area contributed by atoms with Crippen LogP contribution in [0.15, 0.2) is 4.99 Å². The van der Waals surface area contributed by atoms with Crippen LogP contribution in [0.3, 0.4) is 0 Å². The molecule has 5 nitrogen and oxygen atoms in total. The Labute approximate surface area is 141 Å². The quantitative estimate of drug-likeness (QED) is 0.517. The molecule has 1 heterocycles. The molecule has 134 valence electrons. The third-order valence-electron chi connectivity index (χ3n) is 5.13. The molecule has 1 aliphatic heterocycles. The van der Waals surface area contributed by atoms with Crippen LogP contribution in [0.1, 0.15) is 65.2 Å². The highest BCUT2D eigenvalue weighted by molar-refractivity contribution is 5.80. The Hall–Kier alpha value is -0.810. The molecule has 5 heteroatoms. The number of hydrogen-bond acceptors (Lipinski definition) is 3. The van der Waals surface area contributed by atoms with Crippen molar-refractivity contribution < 1.29 is 5.11 Å². The minimum Gasteiger partial charge on any atom is -0.388 e. The summed E-state index contributed by atoms with van der Waals surface area (Å²) < 4.78 is 0. The summed E-state index contributed by atoms with van der Waals surface area (Å²) in [6.07, 6.45) is 8.89. The minimum atomic E-state index is -0.578. The molecule has 0 aromatic rings. The van der Waals surface area contributed by atoms with E-state index in [0.29, 0.717) is 12.6 Å². The zero-order valence-corrected chi connectivity index (χ0v) is 15.1. The van der Waals surface area contributed by atoms with Gasteiger partial charge in [0.25, 0.3) is 0 Å². The van der Waals surface area contributed by atoms with Crippen molar-refractivity contribution in [3.63, 3.8) is 0 Å². The van der Waals surface area contributed by atoms with Gasteiger partial charge in [-0.15, -0.1) is 0 Å². The van der Waals surface area contributed by atoms with Crippen LogP contribution in [-0.4, -0.2) is 60.3 Å². The van der Waals surface area contributed by atoms with Crippen molar-refractivity contribution in [3.05, 3.63) is 0 Å². The van der Waals surface area contributed by atoms with Gasteiger partial charge in [0.05, 0.1) is 12.1 Å². The van der Waals surface area contributed by atoms with Crippen molar-refractivity contribution in [1.29, 1.82) is 0 Å². The Morgan fingerprint density at radius 3 is 2.48 bits per heavy atom. The summed E-state index contributed by atoms with van der Waals surface area (Å²) in [6.45, 7) is 9.29. The molecular weight excluding hydrogens is 288 g/mol. The molecule has 23 heavy (non-hydrogen) atoms. The van der Waals surface area contributed by atoms with E-state index in [0.717, 1.165) is 38.2 Å². The number of nitrogens with zero attached hydrogens (tertiary/aromatic N) is 2. The first-order valence-electron chi connectivity index (χ1n) is 9.65. The van der Waals surface area contributed by atoms with E-state index in [4.69, 9.17) is 0 Å². The molecule has 3 N–H and O–H groups in total. The molecule has 0 atom stereocenters. The van der Waals surface area contributed by atoms with Gasteiger partial charge >= 0.3 is 0 Å². The predicted octanol–water partition coefficient (Wildman–Crippen LogP) is 2.11. The monoisotopic (exact) mass is 324 g/mol. The average Bonchev–Trinajstić information content (AvgIpc) is 2.56. The number of rotatable bonds is 6. The molecule has 2 fully saturated rings. The Bertz CT molecular complexity index is 358. The fourth-order valence-corrected chi connectivity index (χ4v) is 3.72. The summed E-state index contributed by atoms with van der Waals surface area (Å²) in [5, 5.41) is 17.5. The first-order chi connectivity index (χ1) is 11.1. The number of guanidine groups is 1. The van der Waals surface area contributed by atoms with E-state index in [1.807, 2.05) is 0 Å². The summed E-state index contributed by atoms with van der Waals surface area (Å²) in [6, 6.07) is 0.502. The molecule has 0 bridgehead atoms. The molecule has 0 amide bonds. The van der Waals surface area contributed by atoms with Gasteiger partial charge in [-0.2, -0.15) is 0 Å². The zero-order chi connectivity index (χ0) is 16.5. The molecule has 2 aliphatic rings. The lowest BCUT2D eigenvalue weighted by Crippen LogP contribution is -2.49. The molecule has 1 saturated heterocycles. The lowest BCUT2D eigenvalue weighted by molar-refractivity contribution is 0.0131. The van der Waals surface area contributed by atoms with Crippen molar-refractivity contribution in [1.82, 2.24) is 15.5 Å². The molecular formula is C18H36N4O. The lowest BCUT2D eigenvalue weighted by Gasteiger charge is -2.33. The van der Waals surface area contributed by atoms with Gasteiger partial charge in [0.1, 0.15) is 0 Å². The van der Waals surface area contributed by atoms with Gasteiger partial charge in [0.2, 0.25) is 0 Å². The van der Waals surface area contributed by atoms with E-state index < -0.39 is 5.60 Å². The SMILES string of the molecule is CCCN1CCC(NC(=NCC2(O)CCCCC2)NCC)CC1. The largest absolute Gasteiger partial charge is 0.388 e. The molecule has 0 unspecified atom stereocenters. The smallest absolute Gasteiger partial charge is 0.191 e. The van der Waals surface area contributed by atoms with Crippen molar-refractivity contribution >= 4 is 5.96 Å². The van der Waals surface area contributed by atoms with Crippen molar-refractivity contribution in [3.8, 4) is 0 Å². The van der Waals surface area contributed by atoms with Crippen LogP contribution in [0.25, 0.3) is 0 Å². The second-order valence-corrected chi connectivity index (χ2v) is 7.24. The highest BCUT2D eigenvalue weighted by Gasteiger charge is 2.29. The first-order valence-corrected chi connectivity index (χ1v) is 9.65. The van der Waals surface area contributed by atoms with Gasteiger partial charge in [-0.3, -0.25) is 4.99 Å². The van der Waals surface area contributed by atoms with Crippen LogP contribution in [0.2, 0.25) is 0 Å². The van der Waals surface area contributed by atoms with Gasteiger partial charge in [0, 0.05) is 25.7 Å². The highest BCUT2D eigenvalue weighted by Crippen LogP contribution is 2.28. The minimum absolute atomic E-state index is 0.502. The first kappa shape index (κ1) is 18.5. The molecule has 1 aliphatic carbocycles. The maximum Gasteiger partial charge on any atom is 0.191 e. The van der Waals surface area contributed by atoms with Gasteiger partial charge in [0.15, 0.2) is 5.96 Å². The summed E-state index contributed by atoms with van der Waals surface area (Å²) in [5.41, 5.74) is -0.578. The van der Waals surface area contributed by atoms with Crippen LogP contribution >= 0.6 is 0 Å². The van der Waals surface area contributed by atoms with Crippen molar-refractivity contribution in [2.24, 2.45) is 4.99 Å². The number of likely N-dealkylation sites (tertiary alicyclic amines) is 1. The van der Waals surface area contributed by atoms with E-state index in [9.17, 15) is 5.11 Å². The topological polar surface area (TPSA) is 59.9 Å². The van der Waals surface area contributed by atoms with Crippen LogP contribution in [0, 0.1) is 0 Å². The Balaban J connectivity index is 1.82. The van der Waals surface area contributed by atoms with E-state index in [2.05, 4.69) is 34.4 Å². The number of hydrogen-bond donors (Lipinski definition) is 3. The summed E-state index contributed by atoms with van der Waals surface area (Å²) in [4.78, 5) is 7.24. The van der Waals surface area contributed by atoms with E-state index in [1.54, 1.807) is 0 Å². The maximum absolute atomic E-state index is 10.6. The van der Waals surface area contributed by atoms with E-state index in [1.165, 1.54) is 45.3 Å². The highest BCUT2D eigenvalue weighted by atomic mass is 16.3. The van der Waals surface area contributed by atoms with Gasteiger partial charge in [-0.1, -0.05) is 26.2 Å². The standard InChI is InChI=1S/C18H36N4O/c1-3-12-22-13-8-16(9-14-22)21-17(19-4-2)20-15-18(23)10-6-5-7-11-18/h16,23H,3-15H2,1-2H3,(H2,19,20,21). The summed E-state index contributed by atoms with van der Waals surface area (Å²) in [7, 11) is 0. The third kappa shape index (κ3) is 6.30. The van der Waals surface area contributed by atoms with Gasteiger partial charge in [-0.25, -0.2) is 0 Å². The molecule has 1 saturated carbocycles. The van der Waals surface area contributed by atoms with Crippen LogP contribution in [0.4, 0.5) is 0 Å². The van der Waals surface area contributed by atoms with Crippen LogP contribution in [0.5, 0.6) is 0 Å². The van der Waals surface area contributed by atoms with E-state index in [-0.39, 0.29) is 0 Å². The molecule has 0 aromatic heterocycles. The second kappa shape index (κ2) is 9.48. The number of aliphatic hydroxyl groups is 1. The number of nitrogens with one attached hydrogen (secondary N) is 2. The Kier molecular flexibility index (Phi) is 7.63. The molecule has 0 radical (unpaired) electrons.